The van der Waals surface area contributed by atoms with Crippen molar-refractivity contribution in [2.75, 3.05) is 12.4 Å². The van der Waals surface area contributed by atoms with Crippen LogP contribution in [-0.4, -0.2) is 35.0 Å². The first-order valence-electron chi connectivity index (χ1n) is 8.15. The van der Waals surface area contributed by atoms with Crippen LogP contribution in [0.25, 0.3) is 0 Å². The number of ketones is 1. The van der Waals surface area contributed by atoms with Crippen molar-refractivity contribution >= 4 is 40.8 Å². The van der Waals surface area contributed by atoms with Crippen LogP contribution in [0.4, 0.5) is 17.1 Å². The van der Waals surface area contributed by atoms with Crippen LogP contribution in [0.3, 0.4) is 0 Å². The molecule has 1 amide bonds. The second kappa shape index (κ2) is 11.0. The monoisotopic (exact) mass is 436 g/mol. The van der Waals surface area contributed by atoms with Crippen molar-refractivity contribution in [3.63, 3.8) is 0 Å². The highest BCUT2D eigenvalue weighted by atomic mass is 32.2. The number of ether oxygens (including phenoxy) is 1. The molecule has 1 atom stereocenters. The van der Waals surface area contributed by atoms with Gasteiger partial charge < -0.3 is 10.1 Å². The Morgan fingerprint density at radius 2 is 2.00 bits per heavy atom. The summed E-state index contributed by atoms with van der Waals surface area (Å²) in [5.41, 5.74) is -0.333. The molecule has 0 saturated carbocycles. The molecule has 0 aromatic heterocycles. The van der Waals surface area contributed by atoms with E-state index in [4.69, 9.17) is 9.99 Å². The fourth-order valence-electron chi connectivity index (χ4n) is 2.23. The van der Waals surface area contributed by atoms with Gasteiger partial charge in [-0.05, 0) is 31.2 Å². The molecule has 0 heterocycles. The van der Waals surface area contributed by atoms with Crippen LogP contribution >= 0.6 is 12.0 Å². The van der Waals surface area contributed by atoms with E-state index in [9.17, 15) is 19.7 Å². The third kappa shape index (κ3) is 6.05. The van der Waals surface area contributed by atoms with Crippen molar-refractivity contribution in [2.24, 2.45) is 10.2 Å². The lowest BCUT2D eigenvalue weighted by atomic mass is 10.2. The zero-order chi connectivity index (χ0) is 22.1. The summed E-state index contributed by atoms with van der Waals surface area (Å²) in [5, 5.41) is 32.8. The normalized spacial score (nSPS) is 11.8. The third-order valence-corrected chi connectivity index (χ3v) is 4.16. The van der Waals surface area contributed by atoms with Crippen molar-refractivity contribution in [3.05, 3.63) is 52.6 Å². The minimum absolute atomic E-state index is 0.233. The molecule has 30 heavy (non-hydrogen) atoms. The molecule has 0 spiro atoms. The second-order valence-electron chi connectivity index (χ2n) is 5.55. The molecule has 158 valence electrons. The van der Waals surface area contributed by atoms with Gasteiger partial charge in [0, 0.05) is 11.0 Å². The molecule has 0 fully saturated rings. The number of benzene rings is 2. The molecule has 13 heteroatoms. The zero-order valence-corrected chi connectivity index (χ0v) is 16.5. The molecule has 2 aromatic rings. The fraction of sp³-hybridized carbons (Fsp3) is 0.176. The summed E-state index contributed by atoms with van der Waals surface area (Å²) in [5.74, 6) is -1.05. The van der Waals surface area contributed by atoms with E-state index in [1.54, 1.807) is 24.3 Å². The highest BCUT2D eigenvalue weighted by Gasteiger charge is 2.25. The van der Waals surface area contributed by atoms with Crippen LogP contribution in [0.15, 0.2) is 57.6 Å². The molecule has 0 aliphatic heterocycles. The third-order valence-electron chi connectivity index (χ3n) is 3.58. The first-order valence-corrected chi connectivity index (χ1v) is 8.90. The van der Waals surface area contributed by atoms with Crippen LogP contribution in [0.5, 0.6) is 5.75 Å². The number of hydrogen-bond donors (Lipinski definition) is 2. The number of hydrogen-bond acceptors (Lipinski definition) is 11. The molecule has 0 radical (unpaired) electrons. The van der Waals surface area contributed by atoms with E-state index in [1.165, 1.54) is 19.2 Å². The van der Waals surface area contributed by atoms with Crippen molar-refractivity contribution in [3.8, 4) is 5.75 Å². The Bertz CT molecular complexity index is 969. The number of Topliss-reactive ketones (excluding diaryl/α,β-unsaturated/α-hetero) is 1. The standard InChI is InChI=1S/C17H16N4O8S/c1-10(22)16(17(23)18-12-5-3-4-6-15(12)27-2)20-19-13-9-11(30-29-28-26)7-8-14(13)21(24)25/h3-9,16,26H,1-2H3,(H,18,23)/b20-19+. The molecule has 2 N–H and O–H groups in total. The number of nitrogens with one attached hydrogen (secondary N) is 1. The highest BCUT2D eigenvalue weighted by molar-refractivity contribution is 7.94. The van der Waals surface area contributed by atoms with E-state index in [2.05, 4.69) is 24.9 Å². The largest absolute Gasteiger partial charge is 0.495 e. The van der Waals surface area contributed by atoms with Gasteiger partial charge in [-0.2, -0.15) is 5.11 Å². The summed E-state index contributed by atoms with van der Waals surface area (Å²) in [6, 6.07) is 8.64. The van der Waals surface area contributed by atoms with Crippen LogP contribution in [0.2, 0.25) is 0 Å². The van der Waals surface area contributed by atoms with Gasteiger partial charge in [-0.3, -0.25) is 19.7 Å². The molecule has 2 aromatic carbocycles. The number of nitrogens with zero attached hydrogens (tertiary/aromatic N) is 3. The number of nitro benzene ring substituents is 1. The van der Waals surface area contributed by atoms with E-state index in [0.29, 0.717) is 23.5 Å². The van der Waals surface area contributed by atoms with Gasteiger partial charge in [0.1, 0.15) is 5.75 Å². The topological polar surface area (TPSA) is 162 Å². The molecule has 2 rings (SSSR count). The first kappa shape index (κ1) is 22.9. The number of para-hydroxylation sites is 2. The van der Waals surface area contributed by atoms with Gasteiger partial charge in [0.15, 0.2) is 11.5 Å². The lowest BCUT2D eigenvalue weighted by Gasteiger charge is -2.12. The number of azo groups is 1. The van der Waals surface area contributed by atoms with Crippen LogP contribution in [0, 0.1) is 10.1 Å². The predicted octanol–water partition coefficient (Wildman–Crippen LogP) is 3.71. The van der Waals surface area contributed by atoms with E-state index < -0.39 is 28.3 Å². The summed E-state index contributed by atoms with van der Waals surface area (Å²) >= 11 is 0.551. The molecule has 0 aliphatic rings. The Balaban J connectivity index is 2.30. The smallest absolute Gasteiger partial charge is 0.296 e. The Labute approximate surface area is 174 Å². The minimum atomic E-state index is -1.55. The van der Waals surface area contributed by atoms with Crippen LogP contribution < -0.4 is 10.1 Å². The Hall–Kier alpha value is -3.39. The van der Waals surface area contributed by atoms with E-state index >= 15 is 0 Å². The summed E-state index contributed by atoms with van der Waals surface area (Å²) in [6.45, 7) is 1.14. The number of anilines is 1. The quantitative estimate of drug-likeness (QED) is 0.141. The van der Waals surface area contributed by atoms with Crippen molar-refractivity contribution < 1.29 is 33.9 Å². The predicted molar refractivity (Wildman–Crippen MR) is 104 cm³/mol. The Kier molecular flexibility index (Phi) is 8.37. The molecular formula is C17H16N4O8S. The van der Waals surface area contributed by atoms with E-state index in [-0.39, 0.29) is 10.6 Å². The van der Waals surface area contributed by atoms with E-state index in [1.807, 2.05) is 0 Å². The van der Waals surface area contributed by atoms with E-state index in [0.717, 1.165) is 13.0 Å². The summed E-state index contributed by atoms with van der Waals surface area (Å²) in [6.07, 6.45) is 0. The average molecular weight is 436 g/mol. The van der Waals surface area contributed by atoms with Crippen LogP contribution in [-0.2, 0) is 19.0 Å². The fourth-order valence-corrected chi connectivity index (χ4v) is 2.62. The SMILES string of the molecule is COc1ccccc1NC(=O)C(/N=N/c1cc(SOOO)ccc1[N+](=O)[O-])C(C)=O. The summed E-state index contributed by atoms with van der Waals surface area (Å²) in [4.78, 5) is 35.2. The number of nitro groups is 1. The maximum absolute atomic E-state index is 12.5. The molecule has 0 aliphatic carbocycles. The van der Waals surface area contributed by atoms with Gasteiger partial charge in [-0.15, -0.1) is 9.45 Å². The molecule has 1 unspecified atom stereocenters. The molecule has 0 bridgehead atoms. The van der Waals surface area contributed by atoms with Gasteiger partial charge in [-0.25, -0.2) is 5.26 Å². The number of carbonyl (C=O) groups excluding carboxylic acids is 2. The minimum Gasteiger partial charge on any atom is -0.495 e. The summed E-state index contributed by atoms with van der Waals surface area (Å²) < 4.78 is 9.40. The Morgan fingerprint density at radius 1 is 1.27 bits per heavy atom. The van der Waals surface area contributed by atoms with Crippen molar-refractivity contribution in [1.82, 2.24) is 0 Å². The lowest BCUT2D eigenvalue weighted by molar-refractivity contribution is -0.432. The van der Waals surface area contributed by atoms with Gasteiger partial charge in [-0.1, -0.05) is 17.2 Å². The van der Waals surface area contributed by atoms with Gasteiger partial charge in [0.05, 0.1) is 29.8 Å². The molecule has 0 saturated heterocycles. The summed E-state index contributed by atoms with van der Waals surface area (Å²) in [7, 11) is 1.42. The van der Waals surface area contributed by atoms with Crippen LogP contribution in [0.1, 0.15) is 6.92 Å². The number of amides is 1. The number of methoxy groups -OCH3 is 1. The Morgan fingerprint density at radius 3 is 2.63 bits per heavy atom. The molecule has 12 nitrogen and oxygen atoms in total. The lowest BCUT2D eigenvalue weighted by Crippen LogP contribution is -2.31. The number of rotatable bonds is 10. The average Bonchev–Trinajstić information content (AvgIpc) is 2.72. The van der Waals surface area contributed by atoms with Gasteiger partial charge >= 0.3 is 0 Å². The first-order chi connectivity index (χ1) is 14.4. The highest BCUT2D eigenvalue weighted by Crippen LogP contribution is 2.33. The van der Waals surface area contributed by atoms with Crippen molar-refractivity contribution in [2.45, 2.75) is 17.9 Å². The maximum Gasteiger partial charge on any atom is 0.296 e. The molecular weight excluding hydrogens is 420 g/mol. The van der Waals surface area contributed by atoms with Gasteiger partial charge in [0.2, 0.25) is 6.04 Å². The zero-order valence-electron chi connectivity index (χ0n) is 15.7. The van der Waals surface area contributed by atoms with Gasteiger partial charge in [0.25, 0.3) is 11.6 Å². The van der Waals surface area contributed by atoms with Crippen molar-refractivity contribution in [1.29, 1.82) is 0 Å². The number of carbonyl (C=O) groups is 2. The maximum atomic E-state index is 12.5. The second-order valence-corrected chi connectivity index (χ2v) is 6.33.